The van der Waals surface area contributed by atoms with E-state index >= 15 is 0 Å². The van der Waals surface area contributed by atoms with Crippen molar-refractivity contribution >= 4 is 34.8 Å². The molecule has 1 aromatic rings. The van der Waals surface area contributed by atoms with Crippen molar-refractivity contribution in [3.63, 3.8) is 0 Å². The molecule has 2 amide bonds. The first-order valence-corrected chi connectivity index (χ1v) is 7.34. The van der Waals surface area contributed by atoms with Crippen molar-refractivity contribution in [2.45, 2.75) is 38.5 Å². The fourth-order valence-corrected chi connectivity index (χ4v) is 3.50. The second-order valence-corrected chi connectivity index (χ2v) is 6.17. The zero-order chi connectivity index (χ0) is 14.3. The molecule has 0 atom stereocenters. The molecule has 1 heterocycles. The summed E-state index contributed by atoms with van der Waals surface area (Å²) >= 11 is 5.99. The summed E-state index contributed by atoms with van der Waals surface area (Å²) in [5.41, 5.74) is 6.18. The number of nitrogens with two attached hydrogens (primary N) is 1. The maximum Gasteiger partial charge on any atom is 0.240 e. The molecule has 1 aliphatic carbocycles. The van der Waals surface area contributed by atoms with Crippen molar-refractivity contribution in [1.82, 2.24) is 0 Å². The minimum absolute atomic E-state index is 0.0666. The Hall–Kier alpha value is -1.55. The Morgan fingerprint density at radius 2 is 1.85 bits per heavy atom. The summed E-state index contributed by atoms with van der Waals surface area (Å²) < 4.78 is 0. The highest BCUT2D eigenvalue weighted by Crippen LogP contribution is 2.46. The number of carbonyl (C=O) groups excluding carboxylic acids is 2. The molecule has 4 nitrogen and oxygen atoms in total. The Balaban J connectivity index is 1.95. The largest absolute Gasteiger partial charge is 0.398 e. The van der Waals surface area contributed by atoms with Crippen molar-refractivity contribution in [3.8, 4) is 0 Å². The number of nitrogens with zero attached hydrogens (tertiary/aromatic N) is 1. The van der Waals surface area contributed by atoms with Crippen LogP contribution in [0.2, 0.25) is 5.02 Å². The summed E-state index contributed by atoms with van der Waals surface area (Å²) in [4.78, 5) is 26.3. The van der Waals surface area contributed by atoms with Crippen molar-refractivity contribution in [1.29, 1.82) is 0 Å². The number of hydrogen-bond donors (Lipinski definition) is 1. The standard InChI is InChI=1S/C15H17ClN2O2/c16-11-8-10(4-5-12(11)17)18-13(19)9-15(14(18)20)6-2-1-3-7-15/h4-5,8H,1-3,6-7,9,17H2. The Labute approximate surface area is 122 Å². The van der Waals surface area contributed by atoms with E-state index in [0.717, 1.165) is 32.1 Å². The van der Waals surface area contributed by atoms with Gasteiger partial charge in [0.15, 0.2) is 0 Å². The van der Waals surface area contributed by atoms with Crippen LogP contribution in [0.4, 0.5) is 11.4 Å². The number of amides is 2. The van der Waals surface area contributed by atoms with E-state index in [1.54, 1.807) is 18.2 Å². The fraction of sp³-hybridized carbons (Fsp3) is 0.467. The maximum absolute atomic E-state index is 12.7. The van der Waals surface area contributed by atoms with E-state index in [9.17, 15) is 9.59 Å². The molecular formula is C15H17ClN2O2. The number of carbonyl (C=O) groups is 2. The van der Waals surface area contributed by atoms with E-state index in [-0.39, 0.29) is 11.8 Å². The third-order valence-electron chi connectivity index (χ3n) is 4.45. The minimum Gasteiger partial charge on any atom is -0.398 e. The second kappa shape index (κ2) is 4.77. The van der Waals surface area contributed by atoms with Crippen LogP contribution >= 0.6 is 11.6 Å². The monoisotopic (exact) mass is 292 g/mol. The summed E-state index contributed by atoms with van der Waals surface area (Å²) in [5, 5.41) is 0.368. The lowest BCUT2D eigenvalue weighted by Gasteiger charge is -2.30. The summed E-state index contributed by atoms with van der Waals surface area (Å²) in [6.07, 6.45) is 5.16. The van der Waals surface area contributed by atoms with Crippen LogP contribution in [0.15, 0.2) is 18.2 Å². The summed E-state index contributed by atoms with van der Waals surface area (Å²) in [7, 11) is 0. The van der Waals surface area contributed by atoms with Crippen LogP contribution in [0.25, 0.3) is 0 Å². The zero-order valence-electron chi connectivity index (χ0n) is 11.2. The van der Waals surface area contributed by atoms with E-state index in [2.05, 4.69) is 0 Å². The lowest BCUT2D eigenvalue weighted by atomic mass is 9.73. The quantitative estimate of drug-likeness (QED) is 0.639. The molecule has 20 heavy (non-hydrogen) atoms. The topological polar surface area (TPSA) is 63.4 Å². The lowest BCUT2D eigenvalue weighted by Crippen LogP contribution is -2.36. The van der Waals surface area contributed by atoms with Gasteiger partial charge in [-0.05, 0) is 31.0 Å². The van der Waals surface area contributed by atoms with Gasteiger partial charge in [-0.15, -0.1) is 0 Å². The smallest absolute Gasteiger partial charge is 0.240 e. The Kier molecular flexibility index (Phi) is 3.21. The van der Waals surface area contributed by atoms with Gasteiger partial charge in [-0.1, -0.05) is 30.9 Å². The van der Waals surface area contributed by atoms with Crippen molar-refractivity contribution in [3.05, 3.63) is 23.2 Å². The van der Waals surface area contributed by atoms with Crippen LogP contribution in [0.3, 0.4) is 0 Å². The van der Waals surface area contributed by atoms with Gasteiger partial charge in [0.2, 0.25) is 11.8 Å². The van der Waals surface area contributed by atoms with Gasteiger partial charge in [-0.2, -0.15) is 0 Å². The van der Waals surface area contributed by atoms with Gasteiger partial charge in [0, 0.05) is 6.42 Å². The molecule has 0 radical (unpaired) electrons. The van der Waals surface area contributed by atoms with E-state index in [4.69, 9.17) is 17.3 Å². The molecule has 3 rings (SSSR count). The van der Waals surface area contributed by atoms with Crippen LogP contribution in [0, 0.1) is 5.41 Å². The van der Waals surface area contributed by atoms with Crippen LogP contribution in [0.1, 0.15) is 38.5 Å². The van der Waals surface area contributed by atoms with Crippen molar-refractivity contribution in [2.24, 2.45) is 5.41 Å². The number of anilines is 2. The van der Waals surface area contributed by atoms with Crippen molar-refractivity contribution in [2.75, 3.05) is 10.6 Å². The number of benzene rings is 1. The Morgan fingerprint density at radius 1 is 1.15 bits per heavy atom. The van der Waals surface area contributed by atoms with Gasteiger partial charge in [0.05, 0.1) is 21.8 Å². The first-order valence-electron chi connectivity index (χ1n) is 6.96. The minimum atomic E-state index is -0.469. The average molecular weight is 293 g/mol. The maximum atomic E-state index is 12.7. The van der Waals surface area contributed by atoms with Gasteiger partial charge >= 0.3 is 0 Å². The highest BCUT2D eigenvalue weighted by atomic mass is 35.5. The highest BCUT2D eigenvalue weighted by molar-refractivity contribution is 6.33. The van der Waals surface area contributed by atoms with E-state index < -0.39 is 5.41 Å². The van der Waals surface area contributed by atoms with Gasteiger partial charge < -0.3 is 5.73 Å². The predicted octanol–water partition coefficient (Wildman–Crippen LogP) is 3.14. The molecule has 1 saturated carbocycles. The van der Waals surface area contributed by atoms with Crippen LogP contribution in [-0.4, -0.2) is 11.8 Å². The third-order valence-corrected chi connectivity index (χ3v) is 4.78. The molecule has 2 fully saturated rings. The zero-order valence-corrected chi connectivity index (χ0v) is 11.9. The van der Waals surface area contributed by atoms with E-state index in [0.29, 0.717) is 22.8 Å². The van der Waals surface area contributed by atoms with Gasteiger partial charge in [0.1, 0.15) is 0 Å². The molecule has 1 aliphatic heterocycles. The first-order chi connectivity index (χ1) is 9.53. The molecule has 106 valence electrons. The summed E-state index contributed by atoms with van der Waals surface area (Å²) in [5.74, 6) is -0.194. The summed E-state index contributed by atoms with van der Waals surface area (Å²) in [6.45, 7) is 0. The summed E-state index contributed by atoms with van der Waals surface area (Å²) in [6, 6.07) is 4.90. The number of hydrogen-bond acceptors (Lipinski definition) is 3. The normalized spacial score (nSPS) is 21.8. The van der Waals surface area contributed by atoms with Gasteiger partial charge in [0.25, 0.3) is 0 Å². The average Bonchev–Trinajstić information content (AvgIpc) is 2.66. The molecule has 1 spiro atoms. The Bertz CT molecular complexity index is 579. The second-order valence-electron chi connectivity index (χ2n) is 5.76. The molecule has 0 bridgehead atoms. The molecule has 2 N–H and O–H groups in total. The first kappa shape index (κ1) is 13.4. The Morgan fingerprint density at radius 3 is 2.50 bits per heavy atom. The lowest BCUT2D eigenvalue weighted by molar-refractivity contribution is -0.127. The third kappa shape index (κ3) is 1.99. The van der Waals surface area contributed by atoms with Crippen molar-refractivity contribution < 1.29 is 9.59 Å². The van der Waals surface area contributed by atoms with E-state index in [1.165, 1.54) is 4.90 Å². The molecule has 1 aromatic carbocycles. The van der Waals surface area contributed by atoms with Gasteiger partial charge in [-0.3, -0.25) is 14.5 Å². The van der Waals surface area contributed by atoms with E-state index in [1.807, 2.05) is 0 Å². The molecule has 0 aromatic heterocycles. The van der Waals surface area contributed by atoms with Crippen LogP contribution in [-0.2, 0) is 9.59 Å². The molecular weight excluding hydrogens is 276 g/mol. The highest BCUT2D eigenvalue weighted by Gasteiger charge is 2.51. The number of imide groups is 1. The SMILES string of the molecule is Nc1ccc(N2C(=O)CC3(CCCCC3)C2=O)cc1Cl. The number of rotatable bonds is 1. The van der Waals surface area contributed by atoms with Gasteiger partial charge in [-0.25, -0.2) is 0 Å². The number of halogens is 1. The number of nitrogen functional groups attached to an aromatic ring is 1. The molecule has 5 heteroatoms. The molecule has 1 saturated heterocycles. The molecule has 0 unspecified atom stereocenters. The fourth-order valence-electron chi connectivity index (χ4n) is 3.33. The molecule has 2 aliphatic rings. The van der Waals surface area contributed by atoms with Crippen LogP contribution < -0.4 is 10.6 Å². The van der Waals surface area contributed by atoms with Crippen LogP contribution in [0.5, 0.6) is 0 Å². The predicted molar refractivity (Wildman–Crippen MR) is 78.5 cm³/mol.